The molecular weight excluding hydrogens is 342 g/mol. The van der Waals surface area contributed by atoms with E-state index in [1.807, 2.05) is 12.1 Å². The number of likely N-dealkylation sites (tertiary alicyclic amines) is 1. The van der Waals surface area contributed by atoms with Crippen LogP contribution in [-0.4, -0.2) is 35.8 Å². The van der Waals surface area contributed by atoms with Crippen LogP contribution in [0.1, 0.15) is 47.9 Å². The molecule has 0 spiro atoms. The number of carbonyl (C=O) groups excluding carboxylic acids is 2. The molecule has 0 saturated carbocycles. The summed E-state index contributed by atoms with van der Waals surface area (Å²) in [6, 6.07) is 12.2. The highest BCUT2D eigenvalue weighted by molar-refractivity contribution is 5.94. The molecule has 1 saturated heterocycles. The monoisotopic (exact) mass is 369 g/mol. The van der Waals surface area contributed by atoms with Gasteiger partial charge in [0.1, 0.15) is 0 Å². The van der Waals surface area contributed by atoms with Crippen LogP contribution in [0.3, 0.4) is 0 Å². The van der Waals surface area contributed by atoms with Gasteiger partial charge in [0.2, 0.25) is 5.91 Å². The third-order valence-corrected chi connectivity index (χ3v) is 4.99. The molecule has 3 rings (SSSR count). The number of amides is 2. The summed E-state index contributed by atoms with van der Waals surface area (Å²) >= 11 is 0. The molecule has 0 bridgehead atoms. The van der Waals surface area contributed by atoms with Crippen molar-refractivity contribution in [1.82, 2.24) is 15.5 Å². The van der Waals surface area contributed by atoms with E-state index in [1.165, 1.54) is 37.6 Å². The summed E-state index contributed by atoms with van der Waals surface area (Å²) in [5.74, 6) is -0.436. The maximum absolute atomic E-state index is 11.9. The quantitative estimate of drug-likeness (QED) is 0.787. The number of benzene rings is 1. The fraction of sp³-hybridized carbons (Fsp3) is 0.429. The van der Waals surface area contributed by atoms with Crippen LogP contribution in [0.4, 0.5) is 0 Å². The fourth-order valence-electron chi connectivity index (χ4n) is 3.31. The van der Waals surface area contributed by atoms with E-state index in [1.54, 1.807) is 12.1 Å². The number of rotatable bonds is 7. The second kappa shape index (κ2) is 9.37. The number of piperidine rings is 1. The van der Waals surface area contributed by atoms with Gasteiger partial charge < -0.3 is 15.1 Å². The van der Waals surface area contributed by atoms with Gasteiger partial charge in [-0.1, -0.05) is 30.7 Å². The largest absolute Gasteiger partial charge is 0.459 e. The Hall–Kier alpha value is -2.60. The zero-order valence-electron chi connectivity index (χ0n) is 15.7. The average Bonchev–Trinajstić information content (AvgIpc) is 3.22. The lowest BCUT2D eigenvalue weighted by Crippen LogP contribution is -2.36. The molecular formula is C21H27N3O3. The number of hydrogen-bond donors (Lipinski definition) is 2. The van der Waals surface area contributed by atoms with E-state index in [0.717, 1.165) is 12.1 Å². The lowest BCUT2D eigenvalue weighted by atomic mass is 10.0. The van der Waals surface area contributed by atoms with E-state index < -0.39 is 5.91 Å². The molecule has 27 heavy (non-hydrogen) atoms. The van der Waals surface area contributed by atoms with Gasteiger partial charge >= 0.3 is 0 Å². The Kier molecular flexibility index (Phi) is 6.65. The maximum atomic E-state index is 11.9. The molecule has 2 amide bonds. The minimum Gasteiger partial charge on any atom is -0.459 e. The second-order valence-corrected chi connectivity index (χ2v) is 7.07. The lowest BCUT2D eigenvalue weighted by molar-refractivity contribution is -0.120. The zero-order valence-corrected chi connectivity index (χ0v) is 15.7. The molecule has 1 aromatic heterocycles. The van der Waals surface area contributed by atoms with E-state index in [4.69, 9.17) is 4.42 Å². The molecule has 2 N–H and O–H groups in total. The van der Waals surface area contributed by atoms with Crippen molar-refractivity contribution in [2.24, 2.45) is 0 Å². The van der Waals surface area contributed by atoms with Crippen molar-refractivity contribution >= 4 is 11.8 Å². The summed E-state index contributed by atoms with van der Waals surface area (Å²) in [5, 5.41) is 5.34. The summed E-state index contributed by atoms with van der Waals surface area (Å²) in [7, 11) is 0. The average molecular weight is 369 g/mol. The van der Waals surface area contributed by atoms with Crippen molar-refractivity contribution in [3.8, 4) is 0 Å². The highest BCUT2D eigenvalue weighted by atomic mass is 16.3. The van der Waals surface area contributed by atoms with Crippen molar-refractivity contribution in [1.29, 1.82) is 0 Å². The molecule has 1 atom stereocenters. The van der Waals surface area contributed by atoms with E-state index in [9.17, 15) is 9.59 Å². The first kappa shape index (κ1) is 19.2. The minimum atomic E-state index is -0.397. The number of carbonyl (C=O) groups is 2. The minimum absolute atomic E-state index is 0.0789. The predicted octanol–water partition coefficient (Wildman–Crippen LogP) is 2.70. The number of furan rings is 1. The van der Waals surface area contributed by atoms with Gasteiger partial charge in [-0.25, -0.2) is 0 Å². The van der Waals surface area contributed by atoms with Crippen LogP contribution in [0.25, 0.3) is 0 Å². The highest BCUT2D eigenvalue weighted by Gasteiger charge is 2.18. The summed E-state index contributed by atoms with van der Waals surface area (Å²) in [6.07, 6.45) is 5.31. The zero-order chi connectivity index (χ0) is 19.1. The van der Waals surface area contributed by atoms with Crippen LogP contribution >= 0.6 is 0 Å². The van der Waals surface area contributed by atoms with Gasteiger partial charge in [0.15, 0.2) is 5.76 Å². The smallest absolute Gasteiger partial charge is 0.287 e. The number of nitrogens with one attached hydrogen (secondary N) is 2. The molecule has 0 radical (unpaired) electrons. The SMILES string of the molecule is CC1CCCCN1Cc1ccc(CNC(=O)CNC(=O)c2ccco2)cc1. The third kappa shape index (κ3) is 5.69. The van der Waals surface area contributed by atoms with Crippen LogP contribution in [0.5, 0.6) is 0 Å². The van der Waals surface area contributed by atoms with Gasteiger partial charge in [-0.3, -0.25) is 14.5 Å². The number of hydrogen-bond acceptors (Lipinski definition) is 4. The standard InChI is InChI=1S/C21H27N3O3/c1-16-5-2-3-11-24(16)15-18-9-7-17(8-10-18)13-22-20(25)14-23-21(26)19-6-4-12-27-19/h4,6-10,12,16H,2-3,5,11,13-15H2,1H3,(H,22,25)(H,23,26). The second-order valence-electron chi connectivity index (χ2n) is 7.07. The van der Waals surface area contributed by atoms with Crippen LogP contribution < -0.4 is 10.6 Å². The highest BCUT2D eigenvalue weighted by Crippen LogP contribution is 2.19. The van der Waals surface area contributed by atoms with E-state index in [-0.39, 0.29) is 18.2 Å². The maximum Gasteiger partial charge on any atom is 0.287 e. The van der Waals surface area contributed by atoms with Crippen molar-refractivity contribution in [2.75, 3.05) is 13.1 Å². The molecule has 2 aromatic rings. The Morgan fingerprint density at radius 3 is 2.59 bits per heavy atom. The Morgan fingerprint density at radius 2 is 1.89 bits per heavy atom. The van der Waals surface area contributed by atoms with Crippen molar-refractivity contribution in [3.05, 3.63) is 59.5 Å². The van der Waals surface area contributed by atoms with Crippen LogP contribution in [0, 0.1) is 0 Å². The molecule has 0 aliphatic carbocycles. The van der Waals surface area contributed by atoms with Crippen LogP contribution in [0.2, 0.25) is 0 Å². The molecule has 1 aromatic carbocycles. The molecule has 144 valence electrons. The summed E-state index contributed by atoms with van der Waals surface area (Å²) in [4.78, 5) is 26.1. The van der Waals surface area contributed by atoms with Gasteiger partial charge in [-0.05, 0) is 49.6 Å². The van der Waals surface area contributed by atoms with Crippen molar-refractivity contribution in [2.45, 2.75) is 45.3 Å². The summed E-state index contributed by atoms with van der Waals surface area (Å²) in [6.45, 7) is 4.81. The van der Waals surface area contributed by atoms with E-state index in [2.05, 4.69) is 34.6 Å². The first-order valence-corrected chi connectivity index (χ1v) is 9.52. The number of nitrogens with zero attached hydrogens (tertiary/aromatic N) is 1. The summed E-state index contributed by atoms with van der Waals surface area (Å²) in [5.41, 5.74) is 2.33. The molecule has 2 heterocycles. The Labute approximate surface area is 159 Å². The molecule has 6 heteroatoms. The van der Waals surface area contributed by atoms with Gasteiger partial charge in [0.25, 0.3) is 5.91 Å². The van der Waals surface area contributed by atoms with Crippen LogP contribution in [-0.2, 0) is 17.9 Å². The fourth-order valence-corrected chi connectivity index (χ4v) is 3.31. The third-order valence-electron chi connectivity index (χ3n) is 4.99. The van der Waals surface area contributed by atoms with Gasteiger partial charge in [0.05, 0.1) is 12.8 Å². The Balaban J connectivity index is 1.40. The molecule has 1 aliphatic heterocycles. The summed E-state index contributed by atoms with van der Waals surface area (Å²) < 4.78 is 4.98. The molecule has 1 fully saturated rings. The first-order valence-electron chi connectivity index (χ1n) is 9.52. The van der Waals surface area contributed by atoms with Crippen molar-refractivity contribution in [3.63, 3.8) is 0 Å². The predicted molar refractivity (Wildman–Crippen MR) is 103 cm³/mol. The van der Waals surface area contributed by atoms with E-state index >= 15 is 0 Å². The Bertz CT molecular complexity index is 741. The van der Waals surface area contributed by atoms with Gasteiger partial charge in [-0.15, -0.1) is 0 Å². The first-order chi connectivity index (χ1) is 13.1. The van der Waals surface area contributed by atoms with E-state index in [0.29, 0.717) is 12.6 Å². The van der Waals surface area contributed by atoms with Gasteiger partial charge in [-0.2, -0.15) is 0 Å². The lowest BCUT2D eigenvalue weighted by Gasteiger charge is -2.33. The molecule has 1 unspecified atom stereocenters. The molecule has 6 nitrogen and oxygen atoms in total. The van der Waals surface area contributed by atoms with Crippen molar-refractivity contribution < 1.29 is 14.0 Å². The topological polar surface area (TPSA) is 74.6 Å². The van der Waals surface area contributed by atoms with Gasteiger partial charge in [0, 0.05) is 19.1 Å². The normalized spacial score (nSPS) is 17.4. The Morgan fingerprint density at radius 1 is 1.11 bits per heavy atom. The van der Waals surface area contributed by atoms with Crippen LogP contribution in [0.15, 0.2) is 47.1 Å². The molecule has 1 aliphatic rings.